The van der Waals surface area contributed by atoms with E-state index in [1.165, 1.54) is 0 Å². The number of aryl methyl sites for hydroxylation is 1. The van der Waals surface area contributed by atoms with Crippen LogP contribution in [0.2, 0.25) is 0 Å². The number of aromatic nitrogens is 3. The number of hydrogen-bond donors (Lipinski definition) is 1. The molecule has 0 bridgehead atoms. The molecule has 1 aromatic carbocycles. The van der Waals surface area contributed by atoms with Gasteiger partial charge in [0.25, 0.3) is 5.91 Å². The molecule has 134 valence electrons. The molecule has 2 aromatic heterocycles. The van der Waals surface area contributed by atoms with Crippen molar-refractivity contribution in [1.29, 1.82) is 0 Å². The average Bonchev–Trinajstić information content (AvgIpc) is 3.11. The number of carbonyl (C=O) groups excluding carboxylic acids is 1. The van der Waals surface area contributed by atoms with E-state index >= 15 is 0 Å². The van der Waals surface area contributed by atoms with Gasteiger partial charge >= 0.3 is 0 Å². The van der Waals surface area contributed by atoms with Crippen LogP contribution in [0.1, 0.15) is 34.8 Å². The summed E-state index contributed by atoms with van der Waals surface area (Å²) in [5.74, 6) is 0.428. The molecule has 1 amide bonds. The highest BCUT2D eigenvalue weighted by atomic mass is 16.5. The SMILES string of the molecule is CCCOc1ncccc1CNC(=O)c1ccc(-n2cc(C)cn2)cc1. The fourth-order valence-corrected chi connectivity index (χ4v) is 2.48. The van der Waals surface area contributed by atoms with Gasteiger partial charge in [-0.1, -0.05) is 13.0 Å². The number of pyridine rings is 1. The van der Waals surface area contributed by atoms with Gasteiger partial charge in [0.05, 0.1) is 18.5 Å². The highest BCUT2D eigenvalue weighted by molar-refractivity contribution is 5.94. The largest absolute Gasteiger partial charge is 0.477 e. The Morgan fingerprint density at radius 1 is 1.23 bits per heavy atom. The van der Waals surface area contributed by atoms with Crippen LogP contribution < -0.4 is 10.1 Å². The van der Waals surface area contributed by atoms with Crippen LogP contribution in [0.15, 0.2) is 55.0 Å². The quantitative estimate of drug-likeness (QED) is 0.710. The van der Waals surface area contributed by atoms with Crippen molar-refractivity contribution >= 4 is 5.91 Å². The maximum absolute atomic E-state index is 12.4. The zero-order valence-corrected chi connectivity index (χ0v) is 15.0. The van der Waals surface area contributed by atoms with Gasteiger partial charge in [-0.2, -0.15) is 5.10 Å². The van der Waals surface area contributed by atoms with Gasteiger partial charge < -0.3 is 10.1 Å². The minimum Gasteiger partial charge on any atom is -0.477 e. The van der Waals surface area contributed by atoms with Crippen LogP contribution in [0.3, 0.4) is 0 Å². The smallest absolute Gasteiger partial charge is 0.251 e. The third-order valence-electron chi connectivity index (χ3n) is 3.84. The molecule has 3 rings (SSSR count). The Morgan fingerprint density at radius 2 is 2.04 bits per heavy atom. The maximum atomic E-state index is 12.4. The highest BCUT2D eigenvalue weighted by Gasteiger charge is 2.09. The minimum atomic E-state index is -0.140. The summed E-state index contributed by atoms with van der Waals surface area (Å²) in [5.41, 5.74) is 3.46. The van der Waals surface area contributed by atoms with Crippen molar-refractivity contribution in [3.8, 4) is 11.6 Å². The van der Waals surface area contributed by atoms with E-state index in [-0.39, 0.29) is 5.91 Å². The van der Waals surface area contributed by atoms with Gasteiger partial charge in [-0.3, -0.25) is 4.79 Å². The number of amides is 1. The topological polar surface area (TPSA) is 69.0 Å². The Balaban J connectivity index is 1.64. The van der Waals surface area contributed by atoms with Crippen molar-refractivity contribution in [2.45, 2.75) is 26.8 Å². The summed E-state index contributed by atoms with van der Waals surface area (Å²) in [6.07, 6.45) is 6.33. The molecule has 1 N–H and O–H groups in total. The van der Waals surface area contributed by atoms with E-state index in [0.29, 0.717) is 24.6 Å². The van der Waals surface area contributed by atoms with E-state index in [9.17, 15) is 4.79 Å². The van der Waals surface area contributed by atoms with Crippen LogP contribution in [0, 0.1) is 6.92 Å². The molecule has 0 unspecified atom stereocenters. The van der Waals surface area contributed by atoms with Crippen molar-refractivity contribution in [2.24, 2.45) is 0 Å². The molecule has 0 saturated carbocycles. The third kappa shape index (κ3) is 4.27. The number of hydrogen-bond acceptors (Lipinski definition) is 4. The molecule has 0 radical (unpaired) electrons. The summed E-state index contributed by atoms with van der Waals surface area (Å²) < 4.78 is 7.40. The molecular weight excluding hydrogens is 328 g/mol. The first-order valence-corrected chi connectivity index (χ1v) is 8.64. The van der Waals surface area contributed by atoms with Gasteiger partial charge in [0, 0.05) is 30.1 Å². The van der Waals surface area contributed by atoms with Crippen LogP contribution in [0.25, 0.3) is 5.69 Å². The fraction of sp³-hybridized carbons (Fsp3) is 0.250. The Kier molecular flexibility index (Phi) is 5.63. The highest BCUT2D eigenvalue weighted by Crippen LogP contribution is 2.15. The van der Waals surface area contributed by atoms with Crippen LogP contribution in [-0.2, 0) is 6.54 Å². The molecule has 0 saturated heterocycles. The average molecular weight is 350 g/mol. The Bertz CT molecular complexity index is 872. The molecule has 0 fully saturated rings. The summed E-state index contributed by atoms with van der Waals surface area (Å²) >= 11 is 0. The second-order valence-corrected chi connectivity index (χ2v) is 6.01. The predicted molar refractivity (Wildman–Crippen MR) is 99.5 cm³/mol. The molecule has 26 heavy (non-hydrogen) atoms. The number of nitrogens with zero attached hydrogens (tertiary/aromatic N) is 3. The first-order valence-electron chi connectivity index (χ1n) is 8.64. The van der Waals surface area contributed by atoms with E-state index in [4.69, 9.17) is 4.74 Å². The van der Waals surface area contributed by atoms with Gasteiger partial charge in [-0.15, -0.1) is 0 Å². The zero-order valence-electron chi connectivity index (χ0n) is 15.0. The maximum Gasteiger partial charge on any atom is 0.251 e. The molecule has 0 spiro atoms. The second kappa shape index (κ2) is 8.29. The van der Waals surface area contributed by atoms with Gasteiger partial charge in [-0.05, 0) is 49.2 Å². The van der Waals surface area contributed by atoms with Gasteiger partial charge in [0.15, 0.2) is 0 Å². The molecule has 2 heterocycles. The molecule has 0 atom stereocenters. The number of benzene rings is 1. The predicted octanol–water partition coefficient (Wildman–Crippen LogP) is 3.29. The van der Waals surface area contributed by atoms with Gasteiger partial charge in [-0.25, -0.2) is 9.67 Å². The summed E-state index contributed by atoms with van der Waals surface area (Å²) in [7, 11) is 0. The third-order valence-corrected chi connectivity index (χ3v) is 3.84. The van der Waals surface area contributed by atoms with Crippen LogP contribution in [0.5, 0.6) is 5.88 Å². The summed E-state index contributed by atoms with van der Waals surface area (Å²) in [5, 5.41) is 7.18. The lowest BCUT2D eigenvalue weighted by Crippen LogP contribution is -2.23. The lowest BCUT2D eigenvalue weighted by atomic mass is 10.2. The fourth-order valence-electron chi connectivity index (χ4n) is 2.48. The van der Waals surface area contributed by atoms with E-state index in [1.807, 2.05) is 44.3 Å². The lowest BCUT2D eigenvalue weighted by Gasteiger charge is -2.10. The standard InChI is InChI=1S/C20H22N4O2/c1-3-11-26-20-17(5-4-10-21-20)13-22-19(25)16-6-8-18(9-7-16)24-14-15(2)12-23-24/h4-10,12,14H,3,11,13H2,1-2H3,(H,22,25). The van der Waals surface area contributed by atoms with Crippen molar-refractivity contribution in [3.05, 3.63) is 71.7 Å². The van der Waals surface area contributed by atoms with Gasteiger partial charge in [0.1, 0.15) is 0 Å². The number of rotatable bonds is 7. The van der Waals surface area contributed by atoms with Crippen LogP contribution >= 0.6 is 0 Å². The van der Waals surface area contributed by atoms with E-state index in [0.717, 1.165) is 23.2 Å². The van der Waals surface area contributed by atoms with Crippen molar-refractivity contribution < 1.29 is 9.53 Å². The second-order valence-electron chi connectivity index (χ2n) is 6.01. The molecule has 3 aromatic rings. The van der Waals surface area contributed by atoms with E-state index < -0.39 is 0 Å². The monoisotopic (exact) mass is 350 g/mol. The molecule has 0 aliphatic heterocycles. The molecule has 6 heteroatoms. The summed E-state index contributed by atoms with van der Waals surface area (Å²) in [6, 6.07) is 11.1. The van der Waals surface area contributed by atoms with Crippen LogP contribution in [-0.4, -0.2) is 27.3 Å². The van der Waals surface area contributed by atoms with Crippen molar-refractivity contribution in [1.82, 2.24) is 20.1 Å². The first kappa shape index (κ1) is 17.7. The Morgan fingerprint density at radius 3 is 2.73 bits per heavy atom. The van der Waals surface area contributed by atoms with Gasteiger partial charge in [0.2, 0.25) is 5.88 Å². The zero-order chi connectivity index (χ0) is 18.4. The lowest BCUT2D eigenvalue weighted by molar-refractivity contribution is 0.0950. The Labute approximate surface area is 152 Å². The number of carbonyl (C=O) groups is 1. The van der Waals surface area contributed by atoms with E-state index in [1.54, 1.807) is 29.2 Å². The molecular formula is C20H22N4O2. The molecule has 6 nitrogen and oxygen atoms in total. The minimum absolute atomic E-state index is 0.140. The molecule has 0 aliphatic carbocycles. The normalized spacial score (nSPS) is 10.5. The van der Waals surface area contributed by atoms with Crippen LogP contribution in [0.4, 0.5) is 0 Å². The molecule has 0 aliphatic rings. The first-order chi connectivity index (χ1) is 12.7. The summed E-state index contributed by atoms with van der Waals surface area (Å²) in [4.78, 5) is 16.6. The number of ether oxygens (including phenoxy) is 1. The van der Waals surface area contributed by atoms with Crippen molar-refractivity contribution in [3.63, 3.8) is 0 Å². The Hall–Kier alpha value is -3.15. The summed E-state index contributed by atoms with van der Waals surface area (Å²) in [6.45, 7) is 5.00. The van der Waals surface area contributed by atoms with E-state index in [2.05, 4.69) is 15.4 Å². The van der Waals surface area contributed by atoms with Crippen molar-refractivity contribution in [2.75, 3.05) is 6.61 Å². The number of nitrogens with one attached hydrogen (secondary N) is 1.